The Morgan fingerprint density at radius 1 is 1.22 bits per heavy atom. The van der Waals surface area contributed by atoms with E-state index in [-0.39, 0.29) is 29.0 Å². The lowest BCUT2D eigenvalue weighted by Gasteiger charge is -2.18. The normalized spacial score (nSPS) is 16.4. The summed E-state index contributed by atoms with van der Waals surface area (Å²) in [6, 6.07) is 8.23. The van der Waals surface area contributed by atoms with E-state index in [4.69, 9.17) is 9.47 Å². The number of benzene rings is 2. The van der Waals surface area contributed by atoms with Crippen LogP contribution in [0.4, 0.5) is 4.39 Å². The minimum absolute atomic E-state index is 0.121. The van der Waals surface area contributed by atoms with E-state index in [1.54, 1.807) is 11.8 Å². The molecule has 3 rings (SSSR count). The lowest BCUT2D eigenvalue weighted by atomic mass is 9.97. The summed E-state index contributed by atoms with van der Waals surface area (Å²) in [7, 11) is 2.86. The van der Waals surface area contributed by atoms with Gasteiger partial charge in [-0.1, -0.05) is 12.1 Å². The lowest BCUT2D eigenvalue weighted by molar-refractivity contribution is 0.0786. The number of rotatable bonds is 5. The van der Waals surface area contributed by atoms with Crippen LogP contribution in [-0.2, 0) is 6.42 Å². The molecule has 1 saturated heterocycles. The number of phenolic OH excluding ortho intramolecular Hbond substituents is 1. The summed E-state index contributed by atoms with van der Waals surface area (Å²) in [5.41, 5.74) is 2.14. The standard InChI is InChI=1S/C21H24FNO4/c1-13-8-14(4-5-17(13)22)9-15-6-7-23(12-15)21(25)16-10-18(26-2)20(24)19(11-16)27-3/h4-5,8,10-11,15,24H,6-7,9,12H2,1-3H3. The summed E-state index contributed by atoms with van der Waals surface area (Å²) in [5.74, 6) is 0.300. The Bertz CT molecular complexity index is 827. The number of methoxy groups -OCH3 is 2. The van der Waals surface area contributed by atoms with Crippen LogP contribution in [0.1, 0.15) is 27.9 Å². The second kappa shape index (κ2) is 7.86. The van der Waals surface area contributed by atoms with Crippen molar-refractivity contribution in [2.75, 3.05) is 27.3 Å². The second-order valence-corrected chi connectivity index (χ2v) is 6.92. The number of ether oxygens (including phenoxy) is 2. The minimum Gasteiger partial charge on any atom is -0.502 e. The predicted octanol–water partition coefficient (Wildman–Crippen LogP) is 3.56. The van der Waals surface area contributed by atoms with Crippen LogP contribution in [0, 0.1) is 18.7 Å². The summed E-state index contributed by atoms with van der Waals surface area (Å²) >= 11 is 0. The highest BCUT2D eigenvalue weighted by Crippen LogP contribution is 2.37. The second-order valence-electron chi connectivity index (χ2n) is 6.92. The van der Waals surface area contributed by atoms with Gasteiger partial charge in [-0.2, -0.15) is 0 Å². The molecule has 1 atom stereocenters. The van der Waals surface area contributed by atoms with Gasteiger partial charge in [-0.25, -0.2) is 4.39 Å². The third-order valence-corrected chi connectivity index (χ3v) is 5.05. The number of likely N-dealkylation sites (tertiary alicyclic amines) is 1. The van der Waals surface area contributed by atoms with Crippen LogP contribution in [0.3, 0.4) is 0 Å². The number of hydrogen-bond donors (Lipinski definition) is 1. The number of hydrogen-bond acceptors (Lipinski definition) is 4. The quantitative estimate of drug-likeness (QED) is 0.871. The van der Waals surface area contributed by atoms with Crippen LogP contribution in [0.15, 0.2) is 30.3 Å². The molecule has 1 unspecified atom stereocenters. The smallest absolute Gasteiger partial charge is 0.254 e. The van der Waals surface area contributed by atoms with E-state index >= 15 is 0 Å². The first-order valence-corrected chi connectivity index (χ1v) is 8.92. The van der Waals surface area contributed by atoms with Gasteiger partial charge < -0.3 is 19.5 Å². The first-order valence-electron chi connectivity index (χ1n) is 8.92. The Morgan fingerprint density at radius 2 is 1.89 bits per heavy atom. The molecule has 144 valence electrons. The van der Waals surface area contributed by atoms with Gasteiger partial charge in [0.25, 0.3) is 5.91 Å². The molecule has 0 aromatic heterocycles. The Kier molecular flexibility index (Phi) is 5.54. The van der Waals surface area contributed by atoms with Crippen molar-refractivity contribution in [1.82, 2.24) is 4.90 Å². The van der Waals surface area contributed by atoms with Crippen molar-refractivity contribution in [3.63, 3.8) is 0 Å². The molecule has 0 aliphatic carbocycles. The van der Waals surface area contributed by atoms with Gasteiger partial charge >= 0.3 is 0 Å². The largest absolute Gasteiger partial charge is 0.502 e. The first-order chi connectivity index (χ1) is 12.9. The number of nitrogens with zero attached hydrogens (tertiary/aromatic N) is 1. The molecule has 0 spiro atoms. The summed E-state index contributed by atoms with van der Waals surface area (Å²) in [6.07, 6.45) is 1.71. The molecule has 1 aliphatic heterocycles. The third-order valence-electron chi connectivity index (χ3n) is 5.05. The number of aromatic hydroxyl groups is 1. The SMILES string of the molecule is COc1cc(C(=O)N2CCC(Cc3ccc(F)c(C)c3)C2)cc(OC)c1O. The maximum Gasteiger partial charge on any atom is 0.254 e. The predicted molar refractivity (Wildman–Crippen MR) is 100 cm³/mol. The number of phenols is 1. The highest BCUT2D eigenvalue weighted by atomic mass is 19.1. The van der Waals surface area contributed by atoms with Crippen LogP contribution in [0.5, 0.6) is 17.2 Å². The van der Waals surface area contributed by atoms with E-state index in [9.17, 15) is 14.3 Å². The summed E-state index contributed by atoms with van der Waals surface area (Å²) < 4.78 is 23.7. The highest BCUT2D eigenvalue weighted by Gasteiger charge is 2.28. The van der Waals surface area contributed by atoms with E-state index < -0.39 is 0 Å². The zero-order valence-corrected chi connectivity index (χ0v) is 15.8. The average Bonchev–Trinajstić information content (AvgIpc) is 3.12. The number of carbonyl (C=O) groups is 1. The number of aryl methyl sites for hydroxylation is 1. The molecule has 1 amide bonds. The van der Waals surface area contributed by atoms with Gasteiger partial charge in [0, 0.05) is 18.7 Å². The van der Waals surface area contributed by atoms with Gasteiger partial charge in [0.15, 0.2) is 11.5 Å². The molecule has 1 fully saturated rings. The highest BCUT2D eigenvalue weighted by molar-refractivity contribution is 5.95. The van der Waals surface area contributed by atoms with Crippen molar-refractivity contribution in [2.24, 2.45) is 5.92 Å². The van der Waals surface area contributed by atoms with Gasteiger partial charge in [0.1, 0.15) is 5.82 Å². The van der Waals surface area contributed by atoms with Gasteiger partial charge in [-0.3, -0.25) is 4.79 Å². The summed E-state index contributed by atoms with van der Waals surface area (Å²) in [4.78, 5) is 14.7. The summed E-state index contributed by atoms with van der Waals surface area (Å²) in [6.45, 7) is 3.06. The third kappa shape index (κ3) is 3.99. The molecule has 0 radical (unpaired) electrons. The molecule has 1 N–H and O–H groups in total. The topological polar surface area (TPSA) is 59.0 Å². The zero-order chi connectivity index (χ0) is 19.6. The average molecular weight is 373 g/mol. The fourth-order valence-electron chi connectivity index (χ4n) is 3.55. The van der Waals surface area contributed by atoms with E-state index in [1.165, 1.54) is 32.4 Å². The first kappa shape index (κ1) is 19.0. The van der Waals surface area contributed by atoms with Crippen molar-refractivity contribution in [1.29, 1.82) is 0 Å². The molecule has 27 heavy (non-hydrogen) atoms. The number of carbonyl (C=O) groups excluding carboxylic acids is 1. The monoisotopic (exact) mass is 373 g/mol. The van der Waals surface area contributed by atoms with Crippen molar-refractivity contribution >= 4 is 5.91 Å². The maximum atomic E-state index is 13.4. The van der Waals surface area contributed by atoms with Crippen molar-refractivity contribution in [2.45, 2.75) is 19.8 Å². The van der Waals surface area contributed by atoms with Crippen LogP contribution in [-0.4, -0.2) is 43.2 Å². The summed E-state index contributed by atoms with van der Waals surface area (Å²) in [5, 5.41) is 10.0. The van der Waals surface area contributed by atoms with Crippen molar-refractivity contribution in [3.8, 4) is 17.2 Å². The maximum absolute atomic E-state index is 13.4. The molecule has 2 aromatic rings. The Morgan fingerprint density at radius 3 is 2.48 bits per heavy atom. The Hall–Kier alpha value is -2.76. The van der Waals surface area contributed by atoms with Crippen LogP contribution in [0.25, 0.3) is 0 Å². The molecule has 6 heteroatoms. The van der Waals surface area contributed by atoms with E-state index in [2.05, 4.69) is 0 Å². The Balaban J connectivity index is 1.71. The van der Waals surface area contributed by atoms with E-state index in [0.717, 1.165) is 18.4 Å². The van der Waals surface area contributed by atoms with Crippen molar-refractivity contribution in [3.05, 3.63) is 52.8 Å². The lowest BCUT2D eigenvalue weighted by Crippen LogP contribution is -2.29. The van der Waals surface area contributed by atoms with Gasteiger partial charge in [0.2, 0.25) is 5.75 Å². The van der Waals surface area contributed by atoms with Crippen LogP contribution >= 0.6 is 0 Å². The zero-order valence-electron chi connectivity index (χ0n) is 15.8. The van der Waals surface area contributed by atoms with Crippen LogP contribution < -0.4 is 9.47 Å². The number of halogens is 1. The molecule has 0 bridgehead atoms. The van der Waals surface area contributed by atoms with Crippen molar-refractivity contribution < 1.29 is 23.8 Å². The molecular weight excluding hydrogens is 349 g/mol. The minimum atomic E-state index is -0.197. The Labute approximate surface area is 158 Å². The molecule has 1 heterocycles. The molecular formula is C21H24FNO4. The fourth-order valence-corrected chi connectivity index (χ4v) is 3.55. The molecule has 0 saturated carbocycles. The molecule has 5 nitrogen and oxygen atoms in total. The van der Waals surface area contributed by atoms with E-state index in [0.29, 0.717) is 30.1 Å². The molecule has 1 aliphatic rings. The number of amides is 1. The van der Waals surface area contributed by atoms with E-state index in [1.807, 2.05) is 12.1 Å². The van der Waals surface area contributed by atoms with Gasteiger partial charge in [-0.15, -0.1) is 0 Å². The fraction of sp³-hybridized carbons (Fsp3) is 0.381. The van der Waals surface area contributed by atoms with Gasteiger partial charge in [-0.05, 0) is 55.0 Å². The van der Waals surface area contributed by atoms with Crippen LogP contribution in [0.2, 0.25) is 0 Å². The van der Waals surface area contributed by atoms with Gasteiger partial charge in [0.05, 0.1) is 14.2 Å². The molecule has 2 aromatic carbocycles.